The molecule has 0 atom stereocenters. The maximum atomic E-state index is 5.18. The molecule has 3 nitrogen and oxygen atoms in total. The van der Waals surface area contributed by atoms with Crippen molar-refractivity contribution in [1.82, 2.24) is 14.0 Å². The molecule has 2 aromatic heterocycles. The summed E-state index contributed by atoms with van der Waals surface area (Å²) in [6, 6.07) is 65.5. The van der Waals surface area contributed by atoms with Crippen molar-refractivity contribution in [3.05, 3.63) is 187 Å². The molecule has 0 spiro atoms. The van der Waals surface area contributed by atoms with Crippen LogP contribution in [0.5, 0.6) is 0 Å². The normalized spacial score (nSPS) is 14.9. The Bertz CT molecular complexity index is 2810. The number of aromatic nitrogens is 3. The van der Waals surface area contributed by atoms with Crippen molar-refractivity contribution in [2.24, 2.45) is 0 Å². The summed E-state index contributed by atoms with van der Waals surface area (Å²) in [4.78, 5) is 7.91. The number of fused-ring (bicyclic) bond motifs is 7. The third kappa shape index (κ3) is 4.58. The lowest BCUT2D eigenvalue weighted by atomic mass is 9.61. The van der Waals surface area contributed by atoms with Crippen molar-refractivity contribution in [2.45, 2.75) is 48.3 Å². The number of rotatable bonds is 5. The highest BCUT2D eigenvalue weighted by Gasteiger charge is 2.49. The molecule has 0 N–H and O–H groups in total. The van der Waals surface area contributed by atoms with Gasteiger partial charge in [0.2, 0.25) is 5.78 Å². The summed E-state index contributed by atoms with van der Waals surface area (Å²) >= 11 is 1.97. The second kappa shape index (κ2) is 12.2. The molecular weight excluding hydrogens is 691 g/mol. The Morgan fingerprint density at radius 2 is 1.02 bits per heavy atom. The Labute approximate surface area is 322 Å². The van der Waals surface area contributed by atoms with Crippen LogP contribution in [0.3, 0.4) is 0 Å². The summed E-state index contributed by atoms with van der Waals surface area (Å²) < 4.78 is 4.61. The maximum Gasteiger partial charge on any atom is 0.220 e. The zero-order chi connectivity index (χ0) is 36.7. The Morgan fingerprint density at radius 3 is 1.72 bits per heavy atom. The minimum atomic E-state index is -2.92. The van der Waals surface area contributed by atoms with Gasteiger partial charge in [0.1, 0.15) is 0 Å². The van der Waals surface area contributed by atoms with Crippen LogP contribution in [0.4, 0.5) is 0 Å². The zero-order valence-electron chi connectivity index (χ0n) is 31.0. The SMILES string of the molecule is CC1(C)c2ccccc2Sc2c(cccc2[Si](c2ccccc2)(c2ccccc2)c2ccc(-n3c4ccccc4n4c5ccccc5nc34)cc2)C1(C)C. The molecule has 1 aliphatic rings. The van der Waals surface area contributed by atoms with Gasteiger partial charge in [-0.05, 0) is 85.2 Å². The molecular formula is C49H41N3SSi. The van der Waals surface area contributed by atoms with E-state index in [2.05, 4.69) is 213 Å². The van der Waals surface area contributed by atoms with Gasteiger partial charge in [-0.3, -0.25) is 8.97 Å². The quantitative estimate of drug-likeness (QED) is 0.130. The smallest absolute Gasteiger partial charge is 0.220 e. The number of imidazole rings is 2. The van der Waals surface area contributed by atoms with E-state index in [1.54, 1.807) is 0 Å². The lowest BCUT2D eigenvalue weighted by Crippen LogP contribution is -2.75. The predicted octanol–water partition coefficient (Wildman–Crippen LogP) is 9.53. The third-order valence-corrected chi connectivity index (χ3v) is 18.7. The second-order valence-corrected chi connectivity index (χ2v) is 20.4. The fraction of sp³-hybridized carbons (Fsp3) is 0.122. The average Bonchev–Trinajstić information content (AvgIpc) is 3.72. The fourth-order valence-corrected chi connectivity index (χ4v) is 15.9. The van der Waals surface area contributed by atoms with Crippen molar-refractivity contribution in [2.75, 3.05) is 0 Å². The molecule has 0 saturated heterocycles. The molecule has 3 heterocycles. The van der Waals surface area contributed by atoms with Crippen molar-refractivity contribution in [3.8, 4) is 5.69 Å². The van der Waals surface area contributed by atoms with Crippen LogP contribution in [0, 0.1) is 0 Å². The molecule has 0 saturated carbocycles. The highest BCUT2D eigenvalue weighted by atomic mass is 32.2. The maximum absolute atomic E-state index is 5.18. The van der Waals surface area contributed by atoms with Gasteiger partial charge in [0, 0.05) is 15.5 Å². The first kappa shape index (κ1) is 33.0. The average molecular weight is 732 g/mol. The van der Waals surface area contributed by atoms with Gasteiger partial charge in [-0.25, -0.2) is 4.98 Å². The van der Waals surface area contributed by atoms with E-state index < -0.39 is 8.07 Å². The van der Waals surface area contributed by atoms with Crippen molar-refractivity contribution in [3.63, 3.8) is 0 Å². The zero-order valence-corrected chi connectivity index (χ0v) is 32.8. The van der Waals surface area contributed by atoms with Gasteiger partial charge in [0.25, 0.3) is 0 Å². The Morgan fingerprint density at radius 1 is 0.481 bits per heavy atom. The minimum Gasteiger partial charge on any atom is -0.278 e. The molecule has 0 unspecified atom stereocenters. The first-order valence-corrected chi connectivity index (χ1v) is 21.6. The fourth-order valence-electron chi connectivity index (χ4n) is 9.10. The summed E-state index contributed by atoms with van der Waals surface area (Å²) in [7, 11) is -2.92. The van der Waals surface area contributed by atoms with Crippen LogP contribution in [-0.4, -0.2) is 22.0 Å². The summed E-state index contributed by atoms with van der Waals surface area (Å²) in [6.07, 6.45) is 0. The number of nitrogens with zero attached hydrogens (tertiary/aromatic N) is 3. The predicted molar refractivity (Wildman–Crippen MR) is 230 cm³/mol. The lowest BCUT2D eigenvalue weighted by Gasteiger charge is -2.43. The van der Waals surface area contributed by atoms with Gasteiger partial charge in [-0.15, -0.1) is 0 Å². The molecule has 0 amide bonds. The first-order valence-electron chi connectivity index (χ1n) is 18.8. The molecule has 5 heteroatoms. The molecule has 9 aromatic rings. The molecule has 0 bridgehead atoms. The Hall–Kier alpha value is -5.62. The summed E-state index contributed by atoms with van der Waals surface area (Å²) in [6.45, 7) is 9.75. The third-order valence-electron chi connectivity index (χ3n) is 12.5. The van der Waals surface area contributed by atoms with Crippen LogP contribution in [0.15, 0.2) is 186 Å². The Balaban J connectivity index is 1.27. The van der Waals surface area contributed by atoms with E-state index in [9.17, 15) is 0 Å². The minimum absolute atomic E-state index is 0.0889. The number of hydrogen-bond donors (Lipinski definition) is 0. The van der Waals surface area contributed by atoms with Gasteiger partial charge < -0.3 is 0 Å². The van der Waals surface area contributed by atoms with E-state index >= 15 is 0 Å². The van der Waals surface area contributed by atoms with Crippen LogP contribution in [0.2, 0.25) is 0 Å². The number of para-hydroxylation sites is 4. The van der Waals surface area contributed by atoms with Crippen molar-refractivity contribution in [1.29, 1.82) is 0 Å². The van der Waals surface area contributed by atoms with E-state index in [4.69, 9.17) is 4.98 Å². The van der Waals surface area contributed by atoms with E-state index in [0.717, 1.165) is 33.5 Å². The van der Waals surface area contributed by atoms with Gasteiger partial charge in [0.05, 0.1) is 22.1 Å². The first-order chi connectivity index (χ1) is 26.3. The molecule has 10 rings (SSSR count). The molecule has 262 valence electrons. The van der Waals surface area contributed by atoms with Gasteiger partial charge >= 0.3 is 0 Å². The van der Waals surface area contributed by atoms with Crippen LogP contribution >= 0.6 is 11.8 Å². The van der Waals surface area contributed by atoms with Crippen LogP contribution in [0.25, 0.3) is 33.5 Å². The number of hydrogen-bond acceptors (Lipinski definition) is 2. The second-order valence-electron chi connectivity index (χ2n) is 15.6. The topological polar surface area (TPSA) is 22.2 Å². The number of benzene rings is 7. The molecule has 54 heavy (non-hydrogen) atoms. The monoisotopic (exact) mass is 731 g/mol. The van der Waals surface area contributed by atoms with Crippen LogP contribution in [0.1, 0.15) is 38.8 Å². The van der Waals surface area contributed by atoms with Crippen molar-refractivity contribution < 1.29 is 0 Å². The standard InChI is InChI=1S/C49H41N3SSi/c1-48(2)38-22-11-16-28-44(38)53-46-39(49(48,3)4)23-17-29-45(46)54(35-18-7-5-8-19-35,36-20-9-6-10-21-36)37-32-30-34(31-33-37)51-42-26-14-15-27-43(42)52-41-25-13-12-24-40(41)50-47(51)52/h5-33H,1-4H3. The van der Waals surface area contributed by atoms with E-state index in [0.29, 0.717) is 0 Å². The van der Waals surface area contributed by atoms with E-state index in [1.807, 2.05) is 11.8 Å². The van der Waals surface area contributed by atoms with E-state index in [1.165, 1.54) is 41.7 Å². The van der Waals surface area contributed by atoms with Crippen molar-refractivity contribution >= 4 is 68.4 Å². The summed E-state index contributed by atoms with van der Waals surface area (Å²) in [5, 5.41) is 5.54. The van der Waals surface area contributed by atoms with Crippen LogP contribution in [-0.2, 0) is 10.8 Å². The molecule has 7 aromatic carbocycles. The molecule has 0 radical (unpaired) electrons. The largest absolute Gasteiger partial charge is 0.278 e. The highest BCUT2D eigenvalue weighted by molar-refractivity contribution is 7.99. The van der Waals surface area contributed by atoms with Gasteiger partial charge in [0.15, 0.2) is 8.07 Å². The van der Waals surface area contributed by atoms with Gasteiger partial charge in [-0.2, -0.15) is 0 Å². The molecule has 1 aliphatic heterocycles. The lowest BCUT2D eigenvalue weighted by molar-refractivity contribution is 0.296. The van der Waals surface area contributed by atoms with Crippen LogP contribution < -0.4 is 20.7 Å². The molecule has 0 aliphatic carbocycles. The summed E-state index contributed by atoms with van der Waals surface area (Å²) in [5.74, 6) is 0.924. The summed E-state index contributed by atoms with van der Waals surface area (Å²) in [5.41, 5.74) is 8.11. The Kier molecular flexibility index (Phi) is 7.45. The molecule has 0 fully saturated rings. The van der Waals surface area contributed by atoms with Gasteiger partial charge in [-0.1, -0.05) is 173 Å². The highest BCUT2D eigenvalue weighted by Crippen LogP contribution is 2.53. The van der Waals surface area contributed by atoms with E-state index in [-0.39, 0.29) is 10.8 Å².